The normalized spacial score (nSPS) is 11.4. The van der Waals surface area contributed by atoms with Crippen molar-refractivity contribution >= 4 is 17.3 Å². The molecule has 0 amide bonds. The second-order valence-corrected chi connectivity index (χ2v) is 5.67. The molecule has 0 saturated heterocycles. The highest BCUT2D eigenvalue weighted by Crippen LogP contribution is 2.28. The average molecular weight is 374 g/mol. The van der Waals surface area contributed by atoms with Crippen molar-refractivity contribution in [3.63, 3.8) is 0 Å². The fourth-order valence-electron chi connectivity index (χ4n) is 2.22. The zero-order valence-corrected chi connectivity index (χ0v) is 13.8. The topological polar surface area (TPSA) is 54.7 Å². The highest BCUT2D eigenvalue weighted by molar-refractivity contribution is 6.17. The van der Waals surface area contributed by atoms with E-state index in [0.29, 0.717) is 30.1 Å². The number of aromatic nitrogens is 1. The summed E-state index contributed by atoms with van der Waals surface area (Å²) < 4.78 is 39.2. The van der Waals surface area contributed by atoms with Gasteiger partial charge in [-0.15, -0.1) is 16.5 Å². The van der Waals surface area contributed by atoms with Gasteiger partial charge in [-0.2, -0.15) is 13.2 Å². The van der Waals surface area contributed by atoms with E-state index >= 15 is 0 Å². The standard InChI is InChI=1S/C16H15ClF3N3O2/c17-8-1-9-23(21-25)14-5-2-12(3-6-14)10-22-11-13(16(18,19)20)4-7-15(22)24/h2-7,11H,1,8-10H2. The van der Waals surface area contributed by atoms with Crippen LogP contribution < -0.4 is 10.6 Å². The van der Waals surface area contributed by atoms with Crippen molar-refractivity contribution in [2.45, 2.75) is 19.1 Å². The Balaban J connectivity index is 2.19. The minimum atomic E-state index is -4.52. The third kappa shape index (κ3) is 5.06. The van der Waals surface area contributed by atoms with Crippen molar-refractivity contribution in [2.24, 2.45) is 5.29 Å². The molecule has 0 radical (unpaired) electrons. The predicted octanol–water partition coefficient (Wildman–Crippen LogP) is 4.03. The van der Waals surface area contributed by atoms with Crippen LogP contribution in [0.5, 0.6) is 0 Å². The van der Waals surface area contributed by atoms with Crippen molar-refractivity contribution in [3.05, 3.63) is 69.0 Å². The summed E-state index contributed by atoms with van der Waals surface area (Å²) >= 11 is 5.58. The summed E-state index contributed by atoms with van der Waals surface area (Å²) in [4.78, 5) is 22.6. The third-order valence-electron chi connectivity index (χ3n) is 3.50. The molecule has 0 aliphatic heterocycles. The fraction of sp³-hybridized carbons (Fsp3) is 0.312. The van der Waals surface area contributed by atoms with Gasteiger partial charge in [0.15, 0.2) is 0 Å². The van der Waals surface area contributed by atoms with Gasteiger partial charge < -0.3 is 4.57 Å². The van der Waals surface area contributed by atoms with Gasteiger partial charge in [-0.3, -0.25) is 4.79 Å². The minimum absolute atomic E-state index is 0.0147. The van der Waals surface area contributed by atoms with Gasteiger partial charge in [0.25, 0.3) is 5.56 Å². The first-order valence-corrected chi connectivity index (χ1v) is 7.92. The zero-order valence-electron chi connectivity index (χ0n) is 13.0. The number of nitroso groups, excluding NO2 is 1. The van der Waals surface area contributed by atoms with Gasteiger partial charge in [0.2, 0.25) is 0 Å². The van der Waals surface area contributed by atoms with Gasteiger partial charge in [0, 0.05) is 24.7 Å². The van der Waals surface area contributed by atoms with Crippen LogP contribution in [-0.2, 0) is 12.7 Å². The van der Waals surface area contributed by atoms with E-state index in [1.807, 2.05) is 0 Å². The molecule has 5 nitrogen and oxygen atoms in total. The number of hydrogen-bond donors (Lipinski definition) is 0. The molecule has 2 aromatic rings. The van der Waals surface area contributed by atoms with E-state index in [2.05, 4.69) is 5.29 Å². The van der Waals surface area contributed by atoms with Gasteiger partial charge in [-0.1, -0.05) is 12.1 Å². The summed E-state index contributed by atoms with van der Waals surface area (Å²) in [6.45, 7) is 0.346. The summed E-state index contributed by atoms with van der Waals surface area (Å²) in [5.41, 5.74) is -0.259. The molecule has 0 unspecified atom stereocenters. The van der Waals surface area contributed by atoms with Crippen LogP contribution in [0.15, 0.2) is 52.7 Å². The number of rotatable bonds is 7. The Bertz CT molecular complexity index is 775. The minimum Gasteiger partial charge on any atom is -0.311 e. The molecule has 2 rings (SSSR count). The Morgan fingerprint density at radius 3 is 2.36 bits per heavy atom. The first-order chi connectivity index (χ1) is 11.8. The third-order valence-corrected chi connectivity index (χ3v) is 3.77. The molecule has 0 saturated carbocycles. The van der Waals surface area contributed by atoms with Crippen molar-refractivity contribution < 1.29 is 13.2 Å². The lowest BCUT2D eigenvalue weighted by Gasteiger charge is -2.15. The summed E-state index contributed by atoms with van der Waals surface area (Å²) in [6.07, 6.45) is -3.15. The monoisotopic (exact) mass is 373 g/mol. The molecule has 0 N–H and O–H groups in total. The second kappa shape index (κ2) is 8.15. The summed E-state index contributed by atoms with van der Waals surface area (Å²) in [6, 6.07) is 8.13. The van der Waals surface area contributed by atoms with E-state index in [1.54, 1.807) is 24.3 Å². The zero-order chi connectivity index (χ0) is 18.4. The SMILES string of the molecule is O=NN(CCCCl)c1ccc(Cn2cc(C(F)(F)F)ccc2=O)cc1. The molecule has 0 aliphatic carbocycles. The number of halogens is 4. The van der Waals surface area contributed by atoms with Crippen LogP contribution in [0, 0.1) is 4.91 Å². The van der Waals surface area contributed by atoms with E-state index in [9.17, 15) is 22.9 Å². The molecule has 134 valence electrons. The number of nitrogens with zero attached hydrogens (tertiary/aromatic N) is 3. The van der Waals surface area contributed by atoms with Crippen molar-refractivity contribution in [3.8, 4) is 0 Å². The van der Waals surface area contributed by atoms with E-state index in [-0.39, 0.29) is 6.54 Å². The molecule has 1 heterocycles. The number of benzene rings is 1. The van der Waals surface area contributed by atoms with Crippen molar-refractivity contribution in [1.82, 2.24) is 4.57 Å². The Labute approximate surface area is 146 Å². The first-order valence-electron chi connectivity index (χ1n) is 7.38. The summed E-state index contributed by atoms with van der Waals surface area (Å²) in [5, 5.41) is 4.15. The van der Waals surface area contributed by atoms with Gasteiger partial charge in [-0.25, -0.2) is 5.01 Å². The van der Waals surface area contributed by atoms with Crippen LogP contribution in [0.3, 0.4) is 0 Å². The molecule has 0 bridgehead atoms. The molecule has 0 atom stereocenters. The molecular formula is C16H15ClF3N3O2. The molecule has 9 heteroatoms. The van der Waals surface area contributed by atoms with Crippen LogP contribution in [0.4, 0.5) is 18.9 Å². The van der Waals surface area contributed by atoms with E-state index < -0.39 is 17.3 Å². The molecule has 0 fully saturated rings. The molecule has 1 aromatic carbocycles. The van der Waals surface area contributed by atoms with Crippen LogP contribution in [0.25, 0.3) is 0 Å². The maximum Gasteiger partial charge on any atom is 0.417 e. The number of alkyl halides is 4. The highest BCUT2D eigenvalue weighted by atomic mass is 35.5. The number of hydrogen-bond acceptors (Lipinski definition) is 3. The highest BCUT2D eigenvalue weighted by Gasteiger charge is 2.31. The van der Waals surface area contributed by atoms with E-state index in [1.165, 1.54) is 5.01 Å². The predicted molar refractivity (Wildman–Crippen MR) is 89.7 cm³/mol. The second-order valence-electron chi connectivity index (χ2n) is 5.30. The van der Waals surface area contributed by atoms with Crippen LogP contribution >= 0.6 is 11.6 Å². The van der Waals surface area contributed by atoms with Crippen LogP contribution in [-0.4, -0.2) is 17.0 Å². The maximum atomic E-state index is 12.8. The molecule has 1 aromatic heterocycles. The quantitative estimate of drug-likeness (QED) is 0.418. The lowest BCUT2D eigenvalue weighted by atomic mass is 10.2. The van der Waals surface area contributed by atoms with Gasteiger partial charge in [0.05, 0.1) is 23.1 Å². The molecule has 25 heavy (non-hydrogen) atoms. The summed E-state index contributed by atoms with van der Waals surface area (Å²) in [5.74, 6) is 0.391. The Hall–Kier alpha value is -2.35. The van der Waals surface area contributed by atoms with Crippen molar-refractivity contribution in [1.29, 1.82) is 0 Å². The maximum absolute atomic E-state index is 12.8. The van der Waals surface area contributed by atoms with E-state index in [0.717, 1.165) is 22.9 Å². The number of pyridine rings is 1. The first kappa shape index (κ1) is 19.0. The molecule has 0 spiro atoms. The Kier molecular flexibility index (Phi) is 6.19. The van der Waals surface area contributed by atoms with Crippen molar-refractivity contribution in [2.75, 3.05) is 17.4 Å². The average Bonchev–Trinajstić information content (AvgIpc) is 2.58. The lowest BCUT2D eigenvalue weighted by molar-refractivity contribution is -0.138. The van der Waals surface area contributed by atoms with Crippen LogP contribution in [0.2, 0.25) is 0 Å². The van der Waals surface area contributed by atoms with Gasteiger partial charge >= 0.3 is 6.18 Å². The molecular weight excluding hydrogens is 359 g/mol. The largest absolute Gasteiger partial charge is 0.417 e. The molecule has 0 aliphatic rings. The Morgan fingerprint density at radius 1 is 1.12 bits per heavy atom. The Morgan fingerprint density at radius 2 is 1.80 bits per heavy atom. The van der Waals surface area contributed by atoms with Gasteiger partial charge in [0.1, 0.15) is 0 Å². The van der Waals surface area contributed by atoms with Crippen LogP contribution in [0.1, 0.15) is 17.5 Å². The smallest absolute Gasteiger partial charge is 0.311 e. The van der Waals surface area contributed by atoms with E-state index in [4.69, 9.17) is 11.6 Å². The number of anilines is 1. The lowest BCUT2D eigenvalue weighted by Crippen LogP contribution is -2.22. The van der Waals surface area contributed by atoms with Gasteiger partial charge in [-0.05, 0) is 30.2 Å². The summed E-state index contributed by atoms with van der Waals surface area (Å²) in [7, 11) is 0. The fourth-order valence-corrected chi connectivity index (χ4v) is 2.34.